The monoisotopic (exact) mass is 517 g/mol. The Morgan fingerprint density at radius 3 is 2.29 bits per heavy atom. The van der Waals surface area contributed by atoms with Crippen molar-refractivity contribution < 1.29 is 9.53 Å². The van der Waals surface area contributed by atoms with Gasteiger partial charge in [0.2, 0.25) is 5.91 Å². The van der Waals surface area contributed by atoms with Gasteiger partial charge in [0.25, 0.3) is 0 Å². The van der Waals surface area contributed by atoms with E-state index in [1.54, 1.807) is 11.8 Å². The number of nitrogens with zero attached hydrogens (tertiary/aromatic N) is 2. The lowest BCUT2D eigenvalue weighted by molar-refractivity contribution is -0.113. The van der Waals surface area contributed by atoms with Crippen molar-refractivity contribution in [2.75, 3.05) is 11.1 Å². The van der Waals surface area contributed by atoms with Gasteiger partial charge in [0, 0.05) is 11.1 Å². The second-order valence-corrected chi connectivity index (χ2v) is 10.4. The zero-order chi connectivity index (χ0) is 25.9. The largest absolute Gasteiger partial charge is 0.489 e. The van der Waals surface area contributed by atoms with Crippen molar-refractivity contribution in [1.82, 2.24) is 9.78 Å². The van der Waals surface area contributed by atoms with E-state index in [1.165, 1.54) is 5.56 Å². The van der Waals surface area contributed by atoms with E-state index in [2.05, 4.69) is 60.8 Å². The Kier molecular flexibility index (Phi) is 6.71. The molecule has 0 radical (unpaired) electrons. The van der Waals surface area contributed by atoms with Crippen molar-refractivity contribution in [1.29, 1.82) is 0 Å². The molecule has 0 spiro atoms. The van der Waals surface area contributed by atoms with E-state index in [9.17, 15) is 4.79 Å². The van der Waals surface area contributed by atoms with Crippen LogP contribution in [0.4, 0.5) is 5.82 Å². The van der Waals surface area contributed by atoms with Crippen LogP contribution in [0, 0.1) is 6.92 Å². The molecule has 5 nitrogen and oxygen atoms in total. The van der Waals surface area contributed by atoms with Crippen molar-refractivity contribution in [2.45, 2.75) is 18.8 Å². The average molecular weight is 518 g/mol. The summed E-state index contributed by atoms with van der Waals surface area (Å²) in [7, 11) is 0. The molecule has 38 heavy (non-hydrogen) atoms. The fourth-order valence-corrected chi connectivity index (χ4v) is 5.76. The maximum Gasteiger partial charge on any atom is 0.235 e. The van der Waals surface area contributed by atoms with Gasteiger partial charge in [0.1, 0.15) is 18.2 Å². The van der Waals surface area contributed by atoms with E-state index in [0.717, 1.165) is 45.2 Å². The Bertz CT molecular complexity index is 1550. The summed E-state index contributed by atoms with van der Waals surface area (Å²) in [5.74, 6) is 1.85. The van der Waals surface area contributed by atoms with Crippen LogP contribution < -0.4 is 10.1 Å². The molecule has 1 amide bonds. The first-order valence-corrected chi connectivity index (χ1v) is 13.6. The van der Waals surface area contributed by atoms with Crippen LogP contribution >= 0.6 is 11.8 Å². The topological polar surface area (TPSA) is 56.2 Å². The fourth-order valence-electron chi connectivity index (χ4n) is 4.63. The van der Waals surface area contributed by atoms with Crippen LogP contribution in [0.5, 0.6) is 5.75 Å². The number of carbonyl (C=O) groups is 1. The summed E-state index contributed by atoms with van der Waals surface area (Å²) in [6.45, 7) is 2.58. The number of ether oxygens (including phenoxy) is 1. The quantitative estimate of drug-likeness (QED) is 0.259. The van der Waals surface area contributed by atoms with Crippen LogP contribution in [-0.4, -0.2) is 21.4 Å². The number of hydrogen-bond donors (Lipinski definition) is 1. The molecule has 2 heterocycles. The van der Waals surface area contributed by atoms with Gasteiger partial charge in [-0.25, -0.2) is 4.68 Å². The molecule has 0 aliphatic carbocycles. The standard InChI is InChI=1S/C32H27N3O2S/c1-22-12-16-26(17-13-22)35-32-29(30(34-35)24-10-6-3-7-11-24)31(38-21-28(36)33-32)25-14-18-27(19-15-25)37-20-23-8-4-2-5-9-23/h2-19,31H,20-21H2,1H3,(H,33,36)/t31-/m0/s1. The fraction of sp³-hybridized carbons (Fsp3) is 0.125. The Labute approximate surface area is 226 Å². The molecule has 0 bridgehead atoms. The normalized spacial score (nSPS) is 14.9. The van der Waals surface area contributed by atoms with Crippen LogP contribution in [0.3, 0.4) is 0 Å². The number of carbonyl (C=O) groups excluding carboxylic acids is 1. The summed E-state index contributed by atoms with van der Waals surface area (Å²) < 4.78 is 7.89. The van der Waals surface area contributed by atoms with Crippen LogP contribution in [-0.2, 0) is 11.4 Å². The van der Waals surface area contributed by atoms with E-state index in [-0.39, 0.29) is 11.2 Å². The van der Waals surface area contributed by atoms with Gasteiger partial charge >= 0.3 is 0 Å². The predicted molar refractivity (Wildman–Crippen MR) is 154 cm³/mol. The SMILES string of the molecule is Cc1ccc(-n2nc(-c3ccccc3)c3c2NC(=O)CS[C@H]3c2ccc(OCc3ccccc3)cc2)cc1. The van der Waals surface area contributed by atoms with Crippen molar-refractivity contribution in [2.24, 2.45) is 0 Å². The molecule has 1 aliphatic heterocycles. The maximum atomic E-state index is 12.9. The molecule has 6 heteroatoms. The molecule has 5 aromatic rings. The lowest BCUT2D eigenvalue weighted by Gasteiger charge is -2.17. The number of rotatable bonds is 6. The van der Waals surface area contributed by atoms with Crippen molar-refractivity contribution in [3.8, 4) is 22.7 Å². The van der Waals surface area contributed by atoms with Gasteiger partial charge in [0.15, 0.2) is 0 Å². The molecule has 0 unspecified atom stereocenters. The molecule has 4 aromatic carbocycles. The van der Waals surface area contributed by atoms with E-state index in [0.29, 0.717) is 12.4 Å². The van der Waals surface area contributed by atoms with Gasteiger partial charge in [-0.2, -0.15) is 5.10 Å². The molecule has 1 aliphatic rings. The van der Waals surface area contributed by atoms with E-state index < -0.39 is 0 Å². The highest BCUT2D eigenvalue weighted by molar-refractivity contribution is 8.00. The summed E-state index contributed by atoms with van der Waals surface area (Å²) in [5.41, 5.74) is 7.18. The molecule has 1 N–H and O–H groups in total. The molecule has 1 atom stereocenters. The lowest BCUT2D eigenvalue weighted by atomic mass is 10.00. The summed E-state index contributed by atoms with van der Waals surface area (Å²) in [6.07, 6.45) is 0. The third-order valence-corrected chi connectivity index (χ3v) is 7.85. The number of fused-ring (bicyclic) bond motifs is 1. The number of thioether (sulfide) groups is 1. The number of nitrogens with one attached hydrogen (secondary N) is 1. The molecule has 1 aromatic heterocycles. The number of anilines is 1. The van der Waals surface area contributed by atoms with Crippen LogP contribution in [0.15, 0.2) is 109 Å². The second-order valence-electron chi connectivity index (χ2n) is 9.31. The van der Waals surface area contributed by atoms with Gasteiger partial charge in [-0.05, 0) is 42.3 Å². The summed E-state index contributed by atoms with van der Waals surface area (Å²) >= 11 is 1.62. The maximum absolute atomic E-state index is 12.9. The van der Waals surface area contributed by atoms with Gasteiger partial charge in [-0.3, -0.25) is 4.79 Å². The van der Waals surface area contributed by atoms with Crippen LogP contribution in [0.25, 0.3) is 16.9 Å². The van der Waals surface area contributed by atoms with E-state index in [1.807, 2.05) is 65.3 Å². The Morgan fingerprint density at radius 2 is 1.58 bits per heavy atom. The highest BCUT2D eigenvalue weighted by atomic mass is 32.2. The van der Waals surface area contributed by atoms with Crippen LogP contribution in [0.2, 0.25) is 0 Å². The zero-order valence-electron chi connectivity index (χ0n) is 21.0. The number of amides is 1. The minimum atomic E-state index is -0.0819. The third kappa shape index (κ3) is 4.95. The Hall–Kier alpha value is -4.29. The van der Waals surface area contributed by atoms with Gasteiger partial charge in [0.05, 0.1) is 22.4 Å². The summed E-state index contributed by atoms with van der Waals surface area (Å²) in [6, 6.07) is 36.7. The highest BCUT2D eigenvalue weighted by Gasteiger charge is 2.32. The minimum Gasteiger partial charge on any atom is -0.489 e. The molecule has 188 valence electrons. The summed E-state index contributed by atoms with van der Waals surface area (Å²) in [4.78, 5) is 12.9. The van der Waals surface area contributed by atoms with Gasteiger partial charge < -0.3 is 10.1 Å². The Balaban J connectivity index is 1.41. The van der Waals surface area contributed by atoms with Gasteiger partial charge in [-0.1, -0.05) is 90.5 Å². The zero-order valence-corrected chi connectivity index (χ0v) is 21.8. The molecule has 0 fully saturated rings. The van der Waals surface area contributed by atoms with Crippen LogP contribution in [0.1, 0.15) is 27.5 Å². The first kappa shape index (κ1) is 24.1. The number of aromatic nitrogens is 2. The first-order chi connectivity index (χ1) is 18.7. The van der Waals surface area contributed by atoms with E-state index in [4.69, 9.17) is 9.84 Å². The summed E-state index contributed by atoms with van der Waals surface area (Å²) in [5, 5.41) is 8.14. The highest BCUT2D eigenvalue weighted by Crippen LogP contribution is 2.47. The number of benzene rings is 4. The lowest BCUT2D eigenvalue weighted by Crippen LogP contribution is -2.15. The average Bonchev–Trinajstić information content (AvgIpc) is 3.23. The first-order valence-electron chi connectivity index (χ1n) is 12.6. The minimum absolute atomic E-state index is 0.0329. The number of aryl methyl sites for hydroxylation is 1. The van der Waals surface area contributed by atoms with E-state index >= 15 is 0 Å². The second kappa shape index (κ2) is 10.6. The number of hydrogen-bond acceptors (Lipinski definition) is 4. The molecule has 0 saturated carbocycles. The van der Waals surface area contributed by atoms with Gasteiger partial charge in [-0.15, -0.1) is 11.8 Å². The molecular formula is C32H27N3O2S. The van der Waals surface area contributed by atoms with Crippen molar-refractivity contribution in [3.63, 3.8) is 0 Å². The molecule has 6 rings (SSSR count). The van der Waals surface area contributed by atoms with Crippen molar-refractivity contribution >= 4 is 23.5 Å². The molecule has 0 saturated heterocycles. The molecular weight excluding hydrogens is 490 g/mol. The Morgan fingerprint density at radius 1 is 0.895 bits per heavy atom. The predicted octanol–water partition coefficient (Wildman–Crippen LogP) is 7.20. The smallest absolute Gasteiger partial charge is 0.235 e. The third-order valence-electron chi connectivity index (χ3n) is 6.58. The van der Waals surface area contributed by atoms with Crippen molar-refractivity contribution in [3.05, 3.63) is 131 Å².